The van der Waals surface area contributed by atoms with Crippen LogP contribution >= 0.6 is 11.3 Å². The third-order valence-corrected chi connectivity index (χ3v) is 2.73. The minimum Gasteiger partial charge on any atom is -0.342 e. The summed E-state index contributed by atoms with van der Waals surface area (Å²) in [4.78, 5) is 20.2. The van der Waals surface area contributed by atoms with Crippen molar-refractivity contribution in [3.8, 4) is 0 Å². The summed E-state index contributed by atoms with van der Waals surface area (Å²) < 4.78 is 4.87. The smallest absolute Gasteiger partial charge is 0.263 e. The van der Waals surface area contributed by atoms with Crippen LogP contribution in [0.15, 0.2) is 10.7 Å². The van der Waals surface area contributed by atoms with Gasteiger partial charge in [0, 0.05) is 0 Å². The summed E-state index contributed by atoms with van der Waals surface area (Å²) in [5.74, 6) is 0.770. The molecule has 0 spiro atoms. The maximum Gasteiger partial charge on any atom is 0.263 e. The number of amides is 1. The highest BCUT2D eigenvalue weighted by atomic mass is 32.1. The first-order valence-electron chi connectivity index (χ1n) is 4.65. The average Bonchev–Trinajstić information content (AvgIpc) is 2.84. The van der Waals surface area contributed by atoms with Crippen molar-refractivity contribution in [2.75, 3.05) is 0 Å². The number of aryl methyl sites for hydroxylation is 2. The molecule has 0 bridgehead atoms. The SMILES string of the molecule is Cc1noc(CNC(=O)c2cnc(C)s2)n1. The highest BCUT2D eigenvalue weighted by Crippen LogP contribution is 2.11. The summed E-state index contributed by atoms with van der Waals surface area (Å²) in [5, 5.41) is 7.16. The Bertz CT molecular complexity index is 505. The molecule has 0 aliphatic heterocycles. The van der Waals surface area contributed by atoms with Gasteiger partial charge in [-0.25, -0.2) is 4.98 Å². The maximum absolute atomic E-state index is 11.6. The van der Waals surface area contributed by atoms with Crippen LogP contribution in [0.5, 0.6) is 0 Å². The largest absolute Gasteiger partial charge is 0.342 e. The lowest BCUT2D eigenvalue weighted by atomic mass is 10.5. The number of thiazole rings is 1. The molecule has 0 saturated heterocycles. The highest BCUT2D eigenvalue weighted by molar-refractivity contribution is 7.13. The molecular formula is C9H10N4O2S. The Morgan fingerprint density at radius 2 is 2.38 bits per heavy atom. The molecule has 0 aliphatic carbocycles. The van der Waals surface area contributed by atoms with E-state index in [9.17, 15) is 4.79 Å². The third-order valence-electron chi connectivity index (χ3n) is 1.81. The van der Waals surface area contributed by atoms with E-state index in [-0.39, 0.29) is 12.5 Å². The molecule has 2 rings (SSSR count). The summed E-state index contributed by atoms with van der Waals surface area (Å²) in [6.45, 7) is 3.81. The van der Waals surface area contributed by atoms with E-state index < -0.39 is 0 Å². The van der Waals surface area contributed by atoms with Gasteiger partial charge in [-0.1, -0.05) is 5.16 Å². The topological polar surface area (TPSA) is 80.9 Å². The molecule has 6 nitrogen and oxygen atoms in total. The fourth-order valence-electron chi connectivity index (χ4n) is 1.12. The molecule has 7 heteroatoms. The molecule has 0 fully saturated rings. The zero-order chi connectivity index (χ0) is 11.5. The summed E-state index contributed by atoms with van der Waals surface area (Å²) in [7, 11) is 0. The van der Waals surface area contributed by atoms with Crippen LogP contribution in [0, 0.1) is 13.8 Å². The minimum atomic E-state index is -0.179. The fraction of sp³-hybridized carbons (Fsp3) is 0.333. The van der Waals surface area contributed by atoms with E-state index in [0.29, 0.717) is 16.6 Å². The molecule has 2 aromatic rings. The molecule has 0 unspecified atom stereocenters. The Morgan fingerprint density at radius 3 is 2.94 bits per heavy atom. The van der Waals surface area contributed by atoms with Crippen LogP contribution in [0.3, 0.4) is 0 Å². The summed E-state index contributed by atoms with van der Waals surface area (Å²) >= 11 is 1.35. The van der Waals surface area contributed by atoms with Gasteiger partial charge in [0.15, 0.2) is 5.82 Å². The van der Waals surface area contributed by atoms with Crippen LogP contribution in [0.1, 0.15) is 26.4 Å². The Labute approximate surface area is 95.7 Å². The zero-order valence-electron chi connectivity index (χ0n) is 8.85. The van der Waals surface area contributed by atoms with E-state index in [1.165, 1.54) is 11.3 Å². The van der Waals surface area contributed by atoms with E-state index in [0.717, 1.165) is 5.01 Å². The van der Waals surface area contributed by atoms with Gasteiger partial charge in [-0.2, -0.15) is 4.98 Å². The van der Waals surface area contributed by atoms with Crippen LogP contribution in [0.4, 0.5) is 0 Å². The van der Waals surface area contributed by atoms with E-state index in [1.54, 1.807) is 13.1 Å². The molecule has 16 heavy (non-hydrogen) atoms. The van der Waals surface area contributed by atoms with Gasteiger partial charge in [0.25, 0.3) is 5.91 Å². The number of carbonyl (C=O) groups is 1. The van der Waals surface area contributed by atoms with E-state index in [4.69, 9.17) is 4.52 Å². The number of aromatic nitrogens is 3. The van der Waals surface area contributed by atoms with Gasteiger partial charge in [-0.3, -0.25) is 4.79 Å². The molecule has 0 saturated carbocycles. The third kappa shape index (κ3) is 2.43. The van der Waals surface area contributed by atoms with Gasteiger partial charge in [-0.05, 0) is 13.8 Å². The Hall–Kier alpha value is -1.76. The average molecular weight is 238 g/mol. The van der Waals surface area contributed by atoms with Crippen molar-refractivity contribution < 1.29 is 9.32 Å². The molecule has 0 radical (unpaired) electrons. The molecular weight excluding hydrogens is 228 g/mol. The van der Waals surface area contributed by atoms with Crippen molar-refractivity contribution in [1.82, 2.24) is 20.4 Å². The second-order valence-corrected chi connectivity index (χ2v) is 4.40. The van der Waals surface area contributed by atoms with E-state index in [2.05, 4.69) is 20.4 Å². The number of nitrogens with one attached hydrogen (secondary N) is 1. The molecule has 0 aromatic carbocycles. The lowest BCUT2D eigenvalue weighted by molar-refractivity contribution is 0.0950. The van der Waals surface area contributed by atoms with Gasteiger partial charge >= 0.3 is 0 Å². The first-order valence-corrected chi connectivity index (χ1v) is 5.46. The molecule has 1 N–H and O–H groups in total. The summed E-state index contributed by atoms with van der Waals surface area (Å²) in [6.07, 6.45) is 1.55. The van der Waals surface area contributed by atoms with Gasteiger partial charge in [0.2, 0.25) is 5.89 Å². The number of carbonyl (C=O) groups excluding carboxylic acids is 1. The Kier molecular flexibility index (Phi) is 2.95. The second kappa shape index (κ2) is 4.40. The van der Waals surface area contributed by atoms with Crippen LogP contribution in [-0.4, -0.2) is 21.0 Å². The number of rotatable bonds is 3. The van der Waals surface area contributed by atoms with Gasteiger partial charge in [0.1, 0.15) is 4.88 Å². The van der Waals surface area contributed by atoms with Crippen molar-refractivity contribution in [2.45, 2.75) is 20.4 Å². The fourth-order valence-corrected chi connectivity index (χ4v) is 1.82. The number of hydrogen-bond acceptors (Lipinski definition) is 6. The van der Waals surface area contributed by atoms with Crippen molar-refractivity contribution in [1.29, 1.82) is 0 Å². The van der Waals surface area contributed by atoms with Crippen molar-refractivity contribution >= 4 is 17.2 Å². The predicted molar refractivity (Wildman–Crippen MR) is 57.1 cm³/mol. The Morgan fingerprint density at radius 1 is 1.56 bits per heavy atom. The number of nitrogens with zero attached hydrogens (tertiary/aromatic N) is 3. The Balaban J connectivity index is 1.93. The molecule has 1 amide bonds. The first-order chi connectivity index (χ1) is 7.65. The maximum atomic E-state index is 11.6. The van der Waals surface area contributed by atoms with Gasteiger partial charge in [-0.15, -0.1) is 11.3 Å². The van der Waals surface area contributed by atoms with Crippen LogP contribution in [-0.2, 0) is 6.54 Å². The quantitative estimate of drug-likeness (QED) is 0.865. The minimum absolute atomic E-state index is 0.179. The molecule has 2 heterocycles. The second-order valence-electron chi connectivity index (χ2n) is 3.16. The monoisotopic (exact) mass is 238 g/mol. The predicted octanol–water partition coefficient (Wildman–Crippen LogP) is 1.07. The number of hydrogen-bond donors (Lipinski definition) is 1. The van der Waals surface area contributed by atoms with Crippen molar-refractivity contribution in [3.63, 3.8) is 0 Å². The molecule has 2 aromatic heterocycles. The van der Waals surface area contributed by atoms with Crippen LogP contribution < -0.4 is 5.32 Å². The summed E-state index contributed by atoms with van der Waals surface area (Å²) in [5.41, 5.74) is 0. The van der Waals surface area contributed by atoms with Gasteiger partial charge < -0.3 is 9.84 Å². The summed E-state index contributed by atoms with van der Waals surface area (Å²) in [6, 6.07) is 0. The lowest BCUT2D eigenvalue weighted by Gasteiger charge is -1.97. The molecule has 84 valence electrons. The van der Waals surface area contributed by atoms with E-state index >= 15 is 0 Å². The highest BCUT2D eigenvalue weighted by Gasteiger charge is 2.10. The normalized spacial score (nSPS) is 10.4. The van der Waals surface area contributed by atoms with E-state index in [1.807, 2.05) is 6.92 Å². The lowest BCUT2D eigenvalue weighted by Crippen LogP contribution is -2.21. The van der Waals surface area contributed by atoms with Crippen LogP contribution in [0.2, 0.25) is 0 Å². The molecule has 0 aliphatic rings. The molecule has 0 atom stereocenters. The van der Waals surface area contributed by atoms with Crippen LogP contribution in [0.25, 0.3) is 0 Å². The van der Waals surface area contributed by atoms with Crippen molar-refractivity contribution in [3.05, 3.63) is 27.8 Å². The van der Waals surface area contributed by atoms with Gasteiger partial charge in [0.05, 0.1) is 17.7 Å². The van der Waals surface area contributed by atoms with Crippen molar-refractivity contribution in [2.24, 2.45) is 0 Å². The zero-order valence-corrected chi connectivity index (χ0v) is 9.67. The standard InChI is InChI=1S/C9H10N4O2S/c1-5-12-8(15-13-5)4-11-9(14)7-3-10-6(2)16-7/h3H,4H2,1-2H3,(H,11,14). The first kappa shape index (κ1) is 10.7.